The molecule has 4 nitrogen and oxygen atoms in total. The third-order valence-electron chi connectivity index (χ3n) is 2.62. The second kappa shape index (κ2) is 5.16. The highest BCUT2D eigenvalue weighted by atomic mass is 35.5. The van der Waals surface area contributed by atoms with Gasteiger partial charge in [-0.05, 0) is 13.8 Å². The second-order valence-corrected chi connectivity index (χ2v) is 5.08. The van der Waals surface area contributed by atoms with Crippen LogP contribution in [0.4, 0.5) is 0 Å². The van der Waals surface area contributed by atoms with Gasteiger partial charge in [0.2, 0.25) is 0 Å². The number of rotatable bonds is 4. The standard InChI is InChI=1S/C11H14ClN3OS/c1-3-15-8(11(12)7(2)14-15)4-9(16)10-5-13-6-17-10/h5-6,9,16H,3-4H2,1-2H3. The topological polar surface area (TPSA) is 50.9 Å². The minimum absolute atomic E-state index is 0.468. The first-order valence-corrected chi connectivity index (χ1v) is 6.67. The Bertz CT molecular complexity index is 495. The number of halogens is 1. The van der Waals surface area contributed by atoms with Crippen LogP contribution in [0, 0.1) is 6.92 Å². The van der Waals surface area contributed by atoms with Gasteiger partial charge < -0.3 is 5.11 Å². The molecule has 0 aliphatic carbocycles. The maximum atomic E-state index is 10.1. The molecule has 0 spiro atoms. The average molecular weight is 272 g/mol. The number of aromatic nitrogens is 3. The lowest BCUT2D eigenvalue weighted by Gasteiger charge is -2.10. The number of aryl methyl sites for hydroxylation is 2. The van der Waals surface area contributed by atoms with Crippen molar-refractivity contribution in [3.8, 4) is 0 Å². The van der Waals surface area contributed by atoms with Crippen molar-refractivity contribution >= 4 is 22.9 Å². The monoisotopic (exact) mass is 271 g/mol. The van der Waals surface area contributed by atoms with Crippen LogP contribution in [0.5, 0.6) is 0 Å². The first-order valence-electron chi connectivity index (χ1n) is 5.41. The fourth-order valence-corrected chi connectivity index (χ4v) is 2.56. The summed E-state index contributed by atoms with van der Waals surface area (Å²) in [6, 6.07) is 0. The number of aliphatic hydroxyl groups excluding tert-OH is 1. The number of hydrogen-bond donors (Lipinski definition) is 1. The first kappa shape index (κ1) is 12.5. The van der Waals surface area contributed by atoms with Gasteiger partial charge in [0.05, 0.1) is 32.9 Å². The van der Waals surface area contributed by atoms with Gasteiger partial charge in [0.15, 0.2) is 0 Å². The van der Waals surface area contributed by atoms with E-state index >= 15 is 0 Å². The minimum atomic E-state index is -0.568. The van der Waals surface area contributed by atoms with Crippen LogP contribution in [0.1, 0.15) is 29.3 Å². The van der Waals surface area contributed by atoms with Gasteiger partial charge in [0, 0.05) is 19.2 Å². The predicted octanol–water partition coefficient (Wildman–Crippen LogP) is 2.60. The summed E-state index contributed by atoms with van der Waals surface area (Å²) in [5, 5.41) is 15.1. The number of aliphatic hydroxyl groups is 1. The number of thiazole rings is 1. The lowest BCUT2D eigenvalue weighted by Crippen LogP contribution is -2.08. The largest absolute Gasteiger partial charge is 0.387 e. The van der Waals surface area contributed by atoms with Crippen molar-refractivity contribution in [2.75, 3.05) is 0 Å². The maximum Gasteiger partial charge on any atom is 0.0953 e. The Morgan fingerprint density at radius 1 is 1.59 bits per heavy atom. The van der Waals surface area contributed by atoms with Gasteiger partial charge >= 0.3 is 0 Å². The van der Waals surface area contributed by atoms with Gasteiger partial charge in [-0.3, -0.25) is 9.67 Å². The summed E-state index contributed by atoms with van der Waals surface area (Å²) in [5.41, 5.74) is 3.40. The molecule has 0 saturated heterocycles. The third-order valence-corrected chi connectivity index (χ3v) is 3.99. The van der Waals surface area contributed by atoms with Crippen molar-refractivity contribution in [1.82, 2.24) is 14.8 Å². The van der Waals surface area contributed by atoms with Crippen molar-refractivity contribution in [2.45, 2.75) is 32.9 Å². The van der Waals surface area contributed by atoms with E-state index in [0.717, 1.165) is 22.8 Å². The molecule has 0 aliphatic rings. The van der Waals surface area contributed by atoms with E-state index in [9.17, 15) is 5.11 Å². The summed E-state index contributed by atoms with van der Waals surface area (Å²) in [5.74, 6) is 0. The molecule has 0 amide bonds. The van der Waals surface area contributed by atoms with Crippen molar-refractivity contribution in [3.63, 3.8) is 0 Å². The highest BCUT2D eigenvalue weighted by molar-refractivity contribution is 7.09. The molecular formula is C11H14ClN3OS. The molecule has 92 valence electrons. The molecule has 2 rings (SSSR count). The Labute approximate surface area is 109 Å². The Morgan fingerprint density at radius 3 is 2.94 bits per heavy atom. The molecule has 2 heterocycles. The summed E-state index contributed by atoms with van der Waals surface area (Å²) in [7, 11) is 0. The van der Waals surface area contributed by atoms with Crippen LogP contribution in [-0.2, 0) is 13.0 Å². The predicted molar refractivity (Wildman–Crippen MR) is 68.4 cm³/mol. The van der Waals surface area contributed by atoms with Crippen LogP contribution in [0.15, 0.2) is 11.7 Å². The fourth-order valence-electron chi connectivity index (χ4n) is 1.74. The molecule has 0 bridgehead atoms. The zero-order chi connectivity index (χ0) is 12.4. The van der Waals surface area contributed by atoms with Crippen molar-refractivity contribution < 1.29 is 5.11 Å². The SMILES string of the molecule is CCn1nc(C)c(Cl)c1CC(O)c1cncs1. The molecule has 0 aromatic carbocycles. The summed E-state index contributed by atoms with van der Waals surface area (Å²) >= 11 is 7.63. The van der Waals surface area contributed by atoms with Gasteiger partial charge in [-0.1, -0.05) is 11.6 Å². The molecule has 0 radical (unpaired) electrons. The molecule has 2 aromatic rings. The van der Waals surface area contributed by atoms with E-state index in [4.69, 9.17) is 11.6 Å². The van der Waals surface area contributed by atoms with Crippen LogP contribution in [0.2, 0.25) is 5.02 Å². The zero-order valence-electron chi connectivity index (χ0n) is 9.72. The van der Waals surface area contributed by atoms with Crippen LogP contribution >= 0.6 is 22.9 Å². The van der Waals surface area contributed by atoms with Crippen LogP contribution in [0.3, 0.4) is 0 Å². The van der Waals surface area contributed by atoms with Crippen molar-refractivity contribution in [1.29, 1.82) is 0 Å². The van der Waals surface area contributed by atoms with Crippen LogP contribution < -0.4 is 0 Å². The Kier molecular flexibility index (Phi) is 3.81. The molecule has 6 heteroatoms. The molecule has 2 aromatic heterocycles. The van der Waals surface area contributed by atoms with Gasteiger partial charge in [-0.15, -0.1) is 11.3 Å². The van der Waals surface area contributed by atoms with Gasteiger partial charge in [0.1, 0.15) is 0 Å². The summed E-state index contributed by atoms with van der Waals surface area (Å²) in [4.78, 5) is 4.81. The van der Waals surface area contributed by atoms with E-state index in [2.05, 4.69) is 10.1 Å². The normalized spacial score (nSPS) is 12.9. The van der Waals surface area contributed by atoms with Gasteiger partial charge in [-0.2, -0.15) is 5.10 Å². The highest BCUT2D eigenvalue weighted by Crippen LogP contribution is 2.27. The van der Waals surface area contributed by atoms with Gasteiger partial charge in [0.25, 0.3) is 0 Å². The average Bonchev–Trinajstić information content (AvgIpc) is 2.92. The van der Waals surface area contributed by atoms with Crippen LogP contribution in [-0.4, -0.2) is 19.9 Å². The van der Waals surface area contributed by atoms with Crippen LogP contribution in [0.25, 0.3) is 0 Å². The zero-order valence-corrected chi connectivity index (χ0v) is 11.3. The van der Waals surface area contributed by atoms with Crippen molar-refractivity contribution in [2.24, 2.45) is 0 Å². The summed E-state index contributed by atoms with van der Waals surface area (Å²) in [6.45, 7) is 4.63. The van der Waals surface area contributed by atoms with E-state index in [1.165, 1.54) is 11.3 Å². The molecule has 1 atom stereocenters. The van der Waals surface area contributed by atoms with E-state index in [1.807, 2.05) is 18.5 Å². The fraction of sp³-hybridized carbons (Fsp3) is 0.455. The highest BCUT2D eigenvalue weighted by Gasteiger charge is 2.18. The van der Waals surface area contributed by atoms with E-state index in [0.29, 0.717) is 11.4 Å². The van der Waals surface area contributed by atoms with Crippen molar-refractivity contribution in [3.05, 3.63) is 33.0 Å². The lowest BCUT2D eigenvalue weighted by molar-refractivity contribution is 0.179. The van der Waals surface area contributed by atoms with Gasteiger partial charge in [-0.25, -0.2) is 0 Å². The van der Waals surface area contributed by atoms with E-state index in [1.54, 1.807) is 11.7 Å². The molecule has 0 fully saturated rings. The molecule has 1 unspecified atom stereocenters. The molecule has 0 saturated carbocycles. The second-order valence-electron chi connectivity index (χ2n) is 3.79. The number of hydrogen-bond acceptors (Lipinski definition) is 4. The minimum Gasteiger partial charge on any atom is -0.387 e. The molecular weight excluding hydrogens is 258 g/mol. The first-order chi connectivity index (χ1) is 8.13. The summed E-state index contributed by atoms with van der Waals surface area (Å²) in [6.07, 6.45) is 1.58. The van der Waals surface area contributed by atoms with E-state index in [-0.39, 0.29) is 0 Å². The number of nitrogens with zero attached hydrogens (tertiary/aromatic N) is 3. The molecule has 1 N–H and O–H groups in total. The Balaban J connectivity index is 2.24. The van der Waals surface area contributed by atoms with E-state index < -0.39 is 6.10 Å². The summed E-state index contributed by atoms with van der Waals surface area (Å²) < 4.78 is 1.84. The Hall–Kier alpha value is -0.910. The maximum absolute atomic E-state index is 10.1. The smallest absolute Gasteiger partial charge is 0.0953 e. The molecule has 0 aliphatic heterocycles. The molecule has 17 heavy (non-hydrogen) atoms. The lowest BCUT2D eigenvalue weighted by atomic mass is 10.1. The Morgan fingerprint density at radius 2 is 2.35 bits per heavy atom. The quantitative estimate of drug-likeness (QED) is 0.930. The third kappa shape index (κ3) is 2.51.